The molecule has 1 atom stereocenters. The standard InChI is InChI=1S/C24H23F3N2O6/c1-13(10-22(31)32)28-21(30)12-18-14(2)29(20-9-8-17(34-3)11-19(18)20)23(33)15-4-6-16(7-5-15)35-24(25,26)27/h4-9,11,13H,10,12H2,1-3H3,(H,28,30)(H,31,32). The molecule has 0 saturated carbocycles. The number of aromatic nitrogens is 1. The molecule has 0 aliphatic rings. The molecule has 0 aliphatic heterocycles. The fourth-order valence-corrected chi connectivity index (χ4v) is 3.80. The maximum absolute atomic E-state index is 13.3. The van der Waals surface area contributed by atoms with E-state index >= 15 is 0 Å². The third kappa shape index (κ3) is 6.11. The number of alkyl halides is 3. The Morgan fingerprint density at radius 3 is 2.29 bits per heavy atom. The number of fused-ring (bicyclic) bond motifs is 1. The van der Waals surface area contributed by atoms with Gasteiger partial charge in [-0.15, -0.1) is 13.2 Å². The lowest BCUT2D eigenvalue weighted by atomic mass is 10.1. The van der Waals surface area contributed by atoms with Crippen LogP contribution < -0.4 is 14.8 Å². The lowest BCUT2D eigenvalue weighted by Crippen LogP contribution is -2.35. The second-order valence-electron chi connectivity index (χ2n) is 7.90. The normalized spacial score (nSPS) is 12.3. The molecule has 0 spiro atoms. The smallest absolute Gasteiger partial charge is 0.497 e. The zero-order valence-corrected chi connectivity index (χ0v) is 19.1. The van der Waals surface area contributed by atoms with Crippen LogP contribution in [0.25, 0.3) is 10.9 Å². The molecule has 3 rings (SSSR count). The zero-order valence-electron chi connectivity index (χ0n) is 19.1. The SMILES string of the molecule is COc1ccc2c(c1)c(CC(=O)NC(C)CC(=O)O)c(C)n2C(=O)c1ccc(OC(F)(F)F)cc1. The number of aliphatic carboxylic acids is 1. The van der Waals surface area contributed by atoms with Crippen LogP contribution >= 0.6 is 0 Å². The second-order valence-corrected chi connectivity index (χ2v) is 7.90. The number of hydrogen-bond donors (Lipinski definition) is 2. The number of carboxylic acid groups (broad SMARTS) is 1. The molecule has 3 aromatic rings. The van der Waals surface area contributed by atoms with Crippen LogP contribution in [0.15, 0.2) is 42.5 Å². The van der Waals surface area contributed by atoms with E-state index in [1.807, 2.05) is 0 Å². The second kappa shape index (κ2) is 10.1. The predicted molar refractivity (Wildman–Crippen MR) is 120 cm³/mol. The minimum atomic E-state index is -4.85. The highest BCUT2D eigenvalue weighted by Crippen LogP contribution is 2.31. The van der Waals surface area contributed by atoms with E-state index in [0.29, 0.717) is 27.9 Å². The molecule has 11 heteroatoms. The quantitative estimate of drug-likeness (QED) is 0.491. The third-order valence-electron chi connectivity index (χ3n) is 5.31. The molecule has 1 amide bonds. The summed E-state index contributed by atoms with van der Waals surface area (Å²) < 4.78 is 47.8. The average molecular weight is 492 g/mol. The van der Waals surface area contributed by atoms with Crippen molar-refractivity contribution in [2.24, 2.45) is 0 Å². The van der Waals surface area contributed by atoms with E-state index in [1.54, 1.807) is 32.0 Å². The first kappa shape index (κ1) is 25.6. The molecule has 0 saturated heterocycles. The zero-order chi connectivity index (χ0) is 25.9. The summed E-state index contributed by atoms with van der Waals surface area (Å²) in [5.41, 5.74) is 1.57. The fraction of sp³-hybridized carbons (Fsp3) is 0.292. The van der Waals surface area contributed by atoms with Crippen LogP contribution in [-0.4, -0.2) is 47.0 Å². The number of nitrogens with zero attached hydrogens (tertiary/aromatic N) is 1. The van der Waals surface area contributed by atoms with Gasteiger partial charge in [-0.25, -0.2) is 0 Å². The van der Waals surface area contributed by atoms with Crippen molar-refractivity contribution in [1.29, 1.82) is 0 Å². The summed E-state index contributed by atoms with van der Waals surface area (Å²) >= 11 is 0. The Balaban J connectivity index is 1.98. The van der Waals surface area contributed by atoms with Gasteiger partial charge in [0.05, 0.1) is 25.5 Å². The van der Waals surface area contributed by atoms with E-state index in [-0.39, 0.29) is 18.4 Å². The maximum atomic E-state index is 13.3. The van der Waals surface area contributed by atoms with E-state index < -0.39 is 35.9 Å². The third-order valence-corrected chi connectivity index (χ3v) is 5.31. The summed E-state index contributed by atoms with van der Waals surface area (Å²) in [6, 6.07) is 8.90. The topological polar surface area (TPSA) is 107 Å². The number of carboxylic acids is 1. The number of halogens is 3. The highest BCUT2D eigenvalue weighted by Gasteiger charge is 2.31. The van der Waals surface area contributed by atoms with Crippen LogP contribution in [0.1, 0.15) is 35.0 Å². The number of amides is 1. The van der Waals surface area contributed by atoms with Gasteiger partial charge in [-0.3, -0.25) is 19.0 Å². The molecule has 2 N–H and O–H groups in total. The van der Waals surface area contributed by atoms with Crippen molar-refractivity contribution in [2.45, 2.75) is 39.1 Å². The number of methoxy groups -OCH3 is 1. The van der Waals surface area contributed by atoms with Crippen molar-refractivity contribution in [2.75, 3.05) is 7.11 Å². The van der Waals surface area contributed by atoms with Gasteiger partial charge < -0.3 is 19.9 Å². The molecular formula is C24H23F3N2O6. The molecule has 1 heterocycles. The van der Waals surface area contributed by atoms with E-state index in [9.17, 15) is 27.6 Å². The van der Waals surface area contributed by atoms with Crippen molar-refractivity contribution in [3.8, 4) is 11.5 Å². The first-order valence-electron chi connectivity index (χ1n) is 10.5. The minimum Gasteiger partial charge on any atom is -0.497 e. The van der Waals surface area contributed by atoms with Gasteiger partial charge in [0.1, 0.15) is 11.5 Å². The van der Waals surface area contributed by atoms with Crippen molar-refractivity contribution < 1.29 is 42.1 Å². The lowest BCUT2D eigenvalue weighted by molar-refractivity contribution is -0.274. The monoisotopic (exact) mass is 492 g/mol. The molecule has 0 aliphatic carbocycles. The van der Waals surface area contributed by atoms with Gasteiger partial charge in [0, 0.05) is 22.7 Å². The highest BCUT2D eigenvalue weighted by atomic mass is 19.4. The Bertz CT molecular complexity index is 1260. The van der Waals surface area contributed by atoms with E-state index in [0.717, 1.165) is 12.1 Å². The number of nitrogens with one attached hydrogen (secondary N) is 1. The summed E-state index contributed by atoms with van der Waals surface area (Å²) in [5, 5.41) is 12.1. The van der Waals surface area contributed by atoms with Gasteiger partial charge in [-0.1, -0.05) is 0 Å². The summed E-state index contributed by atoms with van der Waals surface area (Å²) in [4.78, 5) is 36.8. The predicted octanol–water partition coefficient (Wildman–Crippen LogP) is 4.07. The minimum absolute atomic E-state index is 0.112. The van der Waals surface area contributed by atoms with E-state index in [2.05, 4.69) is 10.1 Å². The first-order chi connectivity index (χ1) is 16.4. The van der Waals surface area contributed by atoms with Gasteiger partial charge in [-0.05, 0) is 61.9 Å². The molecule has 35 heavy (non-hydrogen) atoms. The molecule has 1 unspecified atom stereocenters. The van der Waals surface area contributed by atoms with E-state index in [1.165, 1.54) is 23.8 Å². The Labute approximate surface area is 198 Å². The number of carbonyl (C=O) groups excluding carboxylic acids is 2. The molecule has 0 fully saturated rings. The van der Waals surface area contributed by atoms with Gasteiger partial charge >= 0.3 is 12.3 Å². The van der Waals surface area contributed by atoms with Gasteiger partial charge in [0.15, 0.2) is 0 Å². The highest BCUT2D eigenvalue weighted by molar-refractivity contribution is 6.05. The lowest BCUT2D eigenvalue weighted by Gasteiger charge is -2.12. The number of carbonyl (C=O) groups is 3. The summed E-state index contributed by atoms with van der Waals surface area (Å²) in [5.74, 6) is -1.95. The Morgan fingerprint density at radius 1 is 1.09 bits per heavy atom. The number of benzene rings is 2. The molecule has 0 bridgehead atoms. The van der Waals surface area contributed by atoms with Gasteiger partial charge in [-0.2, -0.15) is 0 Å². The van der Waals surface area contributed by atoms with Gasteiger partial charge in [0.2, 0.25) is 5.91 Å². The van der Waals surface area contributed by atoms with Crippen molar-refractivity contribution in [1.82, 2.24) is 9.88 Å². The van der Waals surface area contributed by atoms with Crippen LogP contribution in [0.2, 0.25) is 0 Å². The van der Waals surface area contributed by atoms with Crippen LogP contribution in [0.4, 0.5) is 13.2 Å². The van der Waals surface area contributed by atoms with Crippen molar-refractivity contribution >= 4 is 28.7 Å². The van der Waals surface area contributed by atoms with Crippen molar-refractivity contribution in [3.05, 3.63) is 59.3 Å². The first-order valence-corrected chi connectivity index (χ1v) is 10.5. The number of ether oxygens (including phenoxy) is 2. The Morgan fingerprint density at radius 2 is 1.71 bits per heavy atom. The van der Waals surface area contributed by atoms with Crippen LogP contribution in [0.5, 0.6) is 11.5 Å². The van der Waals surface area contributed by atoms with Crippen LogP contribution in [-0.2, 0) is 16.0 Å². The Hall–Kier alpha value is -4.02. The van der Waals surface area contributed by atoms with Gasteiger partial charge in [0.25, 0.3) is 5.91 Å². The molecule has 2 aromatic carbocycles. The summed E-state index contributed by atoms with van der Waals surface area (Å²) in [6.45, 7) is 3.22. The molecule has 1 aromatic heterocycles. The van der Waals surface area contributed by atoms with Crippen LogP contribution in [0.3, 0.4) is 0 Å². The van der Waals surface area contributed by atoms with Crippen LogP contribution in [0, 0.1) is 6.92 Å². The maximum Gasteiger partial charge on any atom is 0.573 e. The average Bonchev–Trinajstić information content (AvgIpc) is 3.02. The number of rotatable bonds is 8. The summed E-state index contributed by atoms with van der Waals surface area (Å²) in [7, 11) is 1.47. The fourth-order valence-electron chi connectivity index (χ4n) is 3.80. The van der Waals surface area contributed by atoms with Crippen molar-refractivity contribution in [3.63, 3.8) is 0 Å². The summed E-state index contributed by atoms with van der Waals surface area (Å²) in [6.07, 6.45) is -5.22. The molecule has 8 nitrogen and oxygen atoms in total. The number of hydrogen-bond acceptors (Lipinski definition) is 5. The molecule has 186 valence electrons. The molecular weight excluding hydrogens is 469 g/mol. The Kier molecular flexibility index (Phi) is 7.37. The van der Waals surface area contributed by atoms with E-state index in [4.69, 9.17) is 9.84 Å². The largest absolute Gasteiger partial charge is 0.573 e. The molecule has 0 radical (unpaired) electrons.